The average Bonchev–Trinajstić information content (AvgIpc) is 2.99. The summed E-state index contributed by atoms with van der Waals surface area (Å²) < 4.78 is 68.6. The topological polar surface area (TPSA) is 86.9 Å². The van der Waals surface area contributed by atoms with Crippen molar-refractivity contribution in [1.82, 2.24) is 4.90 Å². The summed E-state index contributed by atoms with van der Waals surface area (Å²) in [5.74, 6) is -3.37. The molecule has 0 aliphatic rings. The van der Waals surface area contributed by atoms with E-state index in [2.05, 4.69) is 0 Å². The van der Waals surface area contributed by atoms with Crippen LogP contribution in [0.4, 0.5) is 33.3 Å². The smallest absolute Gasteiger partial charge is 0.416 e. The summed E-state index contributed by atoms with van der Waals surface area (Å²) in [6.45, 7) is 6.21. The van der Waals surface area contributed by atoms with E-state index in [1.165, 1.54) is 36.4 Å². The fourth-order valence-electron chi connectivity index (χ4n) is 5.29. The highest BCUT2D eigenvalue weighted by Gasteiger charge is 2.31. The number of nitrogen functional groups attached to an aromatic ring is 1. The molecule has 0 aromatic heterocycles. The number of halogens is 5. The summed E-state index contributed by atoms with van der Waals surface area (Å²) in [6, 6.07) is 14.4. The highest BCUT2D eigenvalue weighted by Crippen LogP contribution is 2.42. The van der Waals surface area contributed by atoms with Crippen LogP contribution < -0.4 is 10.6 Å². The lowest BCUT2D eigenvalue weighted by Crippen LogP contribution is -2.33. The quantitative estimate of drug-likeness (QED) is 0.104. The molecule has 0 aliphatic heterocycles. The number of carbonyl (C=O) groups excluding carboxylic acids is 2. The largest absolute Gasteiger partial charge is 0.504 e. The highest BCUT2D eigenvalue weighted by atomic mass is 19.4. The van der Waals surface area contributed by atoms with E-state index in [0.29, 0.717) is 24.7 Å². The molecule has 4 rings (SSSR count). The van der Waals surface area contributed by atoms with Crippen LogP contribution >= 0.6 is 0 Å². The van der Waals surface area contributed by atoms with Gasteiger partial charge in [-0.2, -0.15) is 13.2 Å². The summed E-state index contributed by atoms with van der Waals surface area (Å²) >= 11 is 0. The molecule has 3 N–H and O–H groups in total. The van der Waals surface area contributed by atoms with Gasteiger partial charge in [0.2, 0.25) is 0 Å². The van der Waals surface area contributed by atoms with Gasteiger partial charge in [-0.15, -0.1) is 0 Å². The Hall–Kier alpha value is -4.93. The Labute approximate surface area is 263 Å². The molecule has 11 heteroatoms. The van der Waals surface area contributed by atoms with Gasteiger partial charge in [0.15, 0.2) is 5.75 Å². The molecule has 0 bridgehead atoms. The van der Waals surface area contributed by atoms with Gasteiger partial charge in [0, 0.05) is 35.8 Å². The van der Waals surface area contributed by atoms with Gasteiger partial charge in [-0.25, -0.2) is 8.78 Å². The molecule has 0 saturated heterocycles. The number of benzene rings is 4. The average molecular weight is 640 g/mol. The molecule has 0 radical (unpaired) electrons. The minimum absolute atomic E-state index is 0.0261. The van der Waals surface area contributed by atoms with Crippen LogP contribution in [0.3, 0.4) is 0 Å². The number of anilines is 2. The van der Waals surface area contributed by atoms with Crippen molar-refractivity contribution in [1.29, 1.82) is 0 Å². The van der Waals surface area contributed by atoms with E-state index < -0.39 is 41.6 Å². The number of nitrogens with zero attached hydrogens (tertiary/aromatic N) is 2. The molecule has 6 nitrogen and oxygen atoms in total. The van der Waals surface area contributed by atoms with Gasteiger partial charge >= 0.3 is 6.18 Å². The lowest BCUT2D eigenvalue weighted by molar-refractivity contribution is -0.137. The number of hydrogen-bond acceptors (Lipinski definition) is 4. The maximum absolute atomic E-state index is 14.2. The number of hydrogen-bond donors (Lipinski definition) is 2. The molecule has 0 heterocycles. The molecule has 0 fully saturated rings. The van der Waals surface area contributed by atoms with Crippen LogP contribution in [0, 0.1) is 18.6 Å². The van der Waals surface area contributed by atoms with Gasteiger partial charge in [-0.3, -0.25) is 9.59 Å². The van der Waals surface area contributed by atoms with Gasteiger partial charge in [0.1, 0.15) is 11.6 Å². The number of aromatic hydroxyl groups is 1. The molecule has 0 saturated carbocycles. The molecular formula is C35H34F5N3O3. The fourth-order valence-corrected chi connectivity index (χ4v) is 5.29. The number of phenols is 1. The standard InChI is InChI=1S/C35H34F5N3O3/c1-4-11-42(12-5-2)33(45)24-13-21(3)14-25(16-24)34(46)43(20-22-7-6-8-26(15-22)35(38,39)40)30-10-9-29(31(41)32(30)44)23-17-27(36)19-28(37)18-23/h6-10,13-19,44H,4-5,11-12,20,41H2,1-3H3. The first kappa shape index (κ1) is 34.0. The number of phenolic OH excluding ortho intramolecular Hbond substituents is 1. The Kier molecular flexibility index (Phi) is 10.3. The van der Waals surface area contributed by atoms with Crippen LogP contribution in [0.2, 0.25) is 0 Å². The summed E-state index contributed by atoms with van der Waals surface area (Å²) in [4.78, 5) is 30.4. The minimum Gasteiger partial charge on any atom is -0.504 e. The number of alkyl halides is 3. The molecule has 2 amide bonds. The Bertz CT molecular complexity index is 1730. The van der Waals surface area contributed by atoms with E-state index in [4.69, 9.17) is 5.73 Å². The third-order valence-corrected chi connectivity index (χ3v) is 7.35. The SMILES string of the molecule is CCCN(CCC)C(=O)c1cc(C)cc(C(=O)N(Cc2cccc(C(F)(F)F)c2)c2ccc(-c3cc(F)cc(F)c3)c(N)c2O)c1. The van der Waals surface area contributed by atoms with Crippen LogP contribution in [0.25, 0.3) is 11.1 Å². The summed E-state index contributed by atoms with van der Waals surface area (Å²) in [6.07, 6.45) is -3.19. The zero-order valence-corrected chi connectivity index (χ0v) is 25.6. The van der Waals surface area contributed by atoms with E-state index in [0.717, 1.165) is 42.0 Å². The van der Waals surface area contributed by atoms with Gasteiger partial charge < -0.3 is 20.6 Å². The molecule has 242 valence electrons. The Morgan fingerprint density at radius 3 is 2.02 bits per heavy atom. The number of carbonyl (C=O) groups is 2. The Balaban J connectivity index is 1.84. The zero-order chi connectivity index (χ0) is 33.8. The Morgan fingerprint density at radius 1 is 0.826 bits per heavy atom. The lowest BCUT2D eigenvalue weighted by atomic mass is 10.00. The van der Waals surface area contributed by atoms with Crippen molar-refractivity contribution in [2.75, 3.05) is 23.7 Å². The molecule has 0 atom stereocenters. The van der Waals surface area contributed by atoms with Crippen LogP contribution in [0.1, 0.15) is 64.1 Å². The maximum atomic E-state index is 14.2. The van der Waals surface area contributed by atoms with Crippen molar-refractivity contribution in [2.24, 2.45) is 0 Å². The first-order valence-electron chi connectivity index (χ1n) is 14.7. The molecule has 0 aliphatic carbocycles. The van der Waals surface area contributed by atoms with Gasteiger partial charge in [0.05, 0.1) is 23.5 Å². The van der Waals surface area contributed by atoms with Crippen molar-refractivity contribution < 1.29 is 36.6 Å². The van der Waals surface area contributed by atoms with E-state index in [-0.39, 0.29) is 45.1 Å². The second-order valence-electron chi connectivity index (χ2n) is 11.0. The summed E-state index contributed by atoms with van der Waals surface area (Å²) in [7, 11) is 0. The van der Waals surface area contributed by atoms with E-state index in [1.54, 1.807) is 17.9 Å². The van der Waals surface area contributed by atoms with Crippen molar-refractivity contribution in [2.45, 2.75) is 46.3 Å². The number of amides is 2. The van der Waals surface area contributed by atoms with E-state index in [1.807, 2.05) is 13.8 Å². The van der Waals surface area contributed by atoms with E-state index in [9.17, 15) is 36.6 Å². The minimum atomic E-state index is -4.64. The van der Waals surface area contributed by atoms with Crippen LogP contribution in [0.5, 0.6) is 5.75 Å². The first-order chi connectivity index (χ1) is 21.7. The van der Waals surface area contributed by atoms with Crippen LogP contribution in [-0.4, -0.2) is 34.9 Å². The third-order valence-electron chi connectivity index (χ3n) is 7.35. The molecule has 0 unspecified atom stereocenters. The summed E-state index contributed by atoms with van der Waals surface area (Å²) in [5, 5.41) is 11.2. The molecule has 4 aromatic rings. The number of nitrogens with two attached hydrogens (primary N) is 1. The van der Waals surface area contributed by atoms with Crippen molar-refractivity contribution in [3.8, 4) is 16.9 Å². The Morgan fingerprint density at radius 2 is 1.43 bits per heavy atom. The summed E-state index contributed by atoms with van der Waals surface area (Å²) in [5.41, 5.74) is 5.92. The molecule has 4 aromatic carbocycles. The number of rotatable bonds is 10. The van der Waals surface area contributed by atoms with Crippen molar-refractivity contribution in [3.05, 3.63) is 112 Å². The van der Waals surface area contributed by atoms with Crippen molar-refractivity contribution >= 4 is 23.2 Å². The van der Waals surface area contributed by atoms with Crippen LogP contribution in [0.15, 0.2) is 72.8 Å². The second kappa shape index (κ2) is 14.0. The molecule has 46 heavy (non-hydrogen) atoms. The van der Waals surface area contributed by atoms with E-state index >= 15 is 0 Å². The third kappa shape index (κ3) is 7.64. The van der Waals surface area contributed by atoms with Gasteiger partial charge in [-0.05, 0) is 91.1 Å². The monoisotopic (exact) mass is 639 g/mol. The lowest BCUT2D eigenvalue weighted by Gasteiger charge is -2.26. The maximum Gasteiger partial charge on any atom is 0.416 e. The molecular weight excluding hydrogens is 605 g/mol. The van der Waals surface area contributed by atoms with Crippen LogP contribution in [-0.2, 0) is 12.7 Å². The predicted octanol–water partition coefficient (Wildman–Crippen LogP) is 8.36. The number of aryl methyl sites for hydroxylation is 1. The second-order valence-corrected chi connectivity index (χ2v) is 11.0. The fraction of sp³-hybridized carbons (Fsp3) is 0.257. The molecule has 0 spiro atoms. The van der Waals surface area contributed by atoms with Crippen molar-refractivity contribution in [3.63, 3.8) is 0 Å². The highest BCUT2D eigenvalue weighted by molar-refractivity contribution is 6.09. The zero-order valence-electron chi connectivity index (χ0n) is 25.6. The first-order valence-corrected chi connectivity index (χ1v) is 14.7. The normalized spacial score (nSPS) is 11.4. The predicted molar refractivity (Wildman–Crippen MR) is 167 cm³/mol. The van der Waals surface area contributed by atoms with Gasteiger partial charge in [-0.1, -0.05) is 26.0 Å². The van der Waals surface area contributed by atoms with Gasteiger partial charge in [0.25, 0.3) is 11.8 Å².